The van der Waals surface area contributed by atoms with Gasteiger partial charge in [-0.05, 0) is 42.7 Å². The fraction of sp³-hybridized carbons (Fsp3) is 0.188. The maximum absolute atomic E-state index is 12.3. The number of ketones is 1. The van der Waals surface area contributed by atoms with Crippen molar-refractivity contribution in [3.05, 3.63) is 68.7 Å². The first-order valence-corrected chi connectivity index (χ1v) is 6.78. The van der Waals surface area contributed by atoms with E-state index in [4.69, 9.17) is 23.2 Å². The summed E-state index contributed by atoms with van der Waals surface area (Å²) in [6.45, 7) is 4.08. The molecule has 0 aliphatic carbocycles. The average molecular weight is 293 g/mol. The van der Waals surface area contributed by atoms with Crippen LogP contribution in [0.5, 0.6) is 0 Å². The lowest BCUT2D eigenvalue weighted by atomic mass is 9.99. The van der Waals surface area contributed by atoms with Crippen LogP contribution in [0, 0.1) is 13.8 Å². The highest BCUT2D eigenvalue weighted by Gasteiger charge is 2.15. The number of benzene rings is 2. The molecule has 2 aromatic carbocycles. The standard InChI is InChI=1S/C16H14Cl2O/c1-10-6-7-12(8-11(10)2)9-15(19)16-13(17)4-3-5-14(16)18/h3-8H,9H2,1-2H3. The van der Waals surface area contributed by atoms with Crippen LogP contribution >= 0.6 is 23.2 Å². The van der Waals surface area contributed by atoms with Gasteiger partial charge < -0.3 is 0 Å². The molecule has 2 rings (SSSR count). The average Bonchev–Trinajstić information content (AvgIpc) is 2.33. The third-order valence-electron chi connectivity index (χ3n) is 3.18. The van der Waals surface area contributed by atoms with Crippen LogP contribution in [-0.2, 0) is 6.42 Å². The van der Waals surface area contributed by atoms with Crippen LogP contribution in [0.2, 0.25) is 10.0 Å². The van der Waals surface area contributed by atoms with Gasteiger partial charge in [-0.25, -0.2) is 0 Å². The van der Waals surface area contributed by atoms with E-state index in [2.05, 4.69) is 0 Å². The van der Waals surface area contributed by atoms with Crippen molar-refractivity contribution in [2.75, 3.05) is 0 Å². The second-order valence-corrected chi connectivity index (χ2v) is 5.43. The predicted molar refractivity (Wildman–Crippen MR) is 80.4 cm³/mol. The molecule has 0 bridgehead atoms. The van der Waals surface area contributed by atoms with Crippen LogP contribution in [-0.4, -0.2) is 5.78 Å². The van der Waals surface area contributed by atoms with E-state index in [1.807, 2.05) is 32.0 Å². The van der Waals surface area contributed by atoms with Gasteiger partial charge in [-0.15, -0.1) is 0 Å². The number of carbonyl (C=O) groups excluding carboxylic acids is 1. The van der Waals surface area contributed by atoms with Crippen LogP contribution in [0.4, 0.5) is 0 Å². The Hall–Kier alpha value is -1.31. The van der Waals surface area contributed by atoms with E-state index in [-0.39, 0.29) is 5.78 Å². The van der Waals surface area contributed by atoms with Gasteiger partial charge in [0.1, 0.15) is 0 Å². The van der Waals surface area contributed by atoms with Crippen LogP contribution in [0.15, 0.2) is 36.4 Å². The lowest BCUT2D eigenvalue weighted by Gasteiger charge is -2.07. The minimum absolute atomic E-state index is 0.0566. The van der Waals surface area contributed by atoms with E-state index in [1.165, 1.54) is 11.1 Å². The molecule has 0 saturated heterocycles. The van der Waals surface area contributed by atoms with Crippen molar-refractivity contribution in [2.45, 2.75) is 20.3 Å². The molecule has 0 spiro atoms. The van der Waals surface area contributed by atoms with Crippen molar-refractivity contribution in [2.24, 2.45) is 0 Å². The maximum atomic E-state index is 12.3. The van der Waals surface area contributed by atoms with E-state index < -0.39 is 0 Å². The molecule has 1 nitrogen and oxygen atoms in total. The Morgan fingerprint density at radius 2 is 1.63 bits per heavy atom. The third-order valence-corrected chi connectivity index (χ3v) is 3.81. The molecule has 0 saturated carbocycles. The zero-order valence-electron chi connectivity index (χ0n) is 10.8. The van der Waals surface area contributed by atoms with Gasteiger partial charge in [0.2, 0.25) is 0 Å². The number of carbonyl (C=O) groups is 1. The number of hydrogen-bond acceptors (Lipinski definition) is 1. The topological polar surface area (TPSA) is 17.1 Å². The molecule has 0 fully saturated rings. The van der Waals surface area contributed by atoms with E-state index in [0.29, 0.717) is 22.0 Å². The van der Waals surface area contributed by atoms with Crippen LogP contribution < -0.4 is 0 Å². The Balaban J connectivity index is 2.28. The first-order chi connectivity index (χ1) is 8.99. The molecular weight excluding hydrogens is 279 g/mol. The van der Waals surface area contributed by atoms with Crippen molar-refractivity contribution in [3.8, 4) is 0 Å². The molecule has 0 aliphatic rings. The summed E-state index contributed by atoms with van der Waals surface area (Å²) in [5, 5.41) is 0.808. The van der Waals surface area contributed by atoms with Crippen LogP contribution in [0.3, 0.4) is 0 Å². The Morgan fingerprint density at radius 3 is 2.21 bits per heavy atom. The summed E-state index contributed by atoms with van der Waals surface area (Å²) in [4.78, 5) is 12.3. The van der Waals surface area contributed by atoms with E-state index in [0.717, 1.165) is 5.56 Å². The minimum Gasteiger partial charge on any atom is -0.294 e. The normalized spacial score (nSPS) is 10.5. The third kappa shape index (κ3) is 3.17. The fourth-order valence-electron chi connectivity index (χ4n) is 1.95. The molecule has 0 unspecified atom stereocenters. The number of Topliss-reactive ketones (excluding diaryl/α,β-unsaturated/α-hetero) is 1. The van der Waals surface area contributed by atoms with Gasteiger partial charge >= 0.3 is 0 Å². The summed E-state index contributed by atoms with van der Waals surface area (Å²) < 4.78 is 0. The minimum atomic E-state index is -0.0566. The molecule has 0 atom stereocenters. The number of hydrogen-bond donors (Lipinski definition) is 0. The molecule has 98 valence electrons. The summed E-state index contributed by atoms with van der Waals surface area (Å²) in [6.07, 6.45) is 0.310. The van der Waals surface area contributed by atoms with Gasteiger partial charge in [-0.1, -0.05) is 47.5 Å². The van der Waals surface area contributed by atoms with Crippen LogP contribution in [0.1, 0.15) is 27.0 Å². The maximum Gasteiger partial charge on any atom is 0.170 e. The Bertz CT molecular complexity index is 612. The molecule has 0 radical (unpaired) electrons. The second-order valence-electron chi connectivity index (χ2n) is 4.62. The highest BCUT2D eigenvalue weighted by Crippen LogP contribution is 2.26. The van der Waals surface area contributed by atoms with Crippen molar-refractivity contribution >= 4 is 29.0 Å². The SMILES string of the molecule is Cc1ccc(CC(=O)c2c(Cl)cccc2Cl)cc1C. The van der Waals surface area contributed by atoms with Gasteiger partial charge in [-0.2, -0.15) is 0 Å². The molecule has 2 aromatic rings. The molecular formula is C16H14Cl2O. The smallest absolute Gasteiger partial charge is 0.170 e. The summed E-state index contributed by atoms with van der Waals surface area (Å²) in [6, 6.07) is 11.1. The Kier molecular flexibility index (Phi) is 4.28. The largest absolute Gasteiger partial charge is 0.294 e. The zero-order valence-corrected chi connectivity index (χ0v) is 12.3. The Labute approximate surface area is 123 Å². The van der Waals surface area contributed by atoms with Crippen molar-refractivity contribution in [1.29, 1.82) is 0 Å². The van der Waals surface area contributed by atoms with Crippen LogP contribution in [0.25, 0.3) is 0 Å². The summed E-state index contributed by atoms with van der Waals surface area (Å²) in [5.74, 6) is -0.0566. The molecule has 3 heteroatoms. The lowest BCUT2D eigenvalue weighted by Crippen LogP contribution is -2.05. The summed E-state index contributed by atoms with van der Waals surface area (Å²) in [5.41, 5.74) is 3.77. The van der Waals surface area contributed by atoms with Crippen molar-refractivity contribution in [1.82, 2.24) is 0 Å². The lowest BCUT2D eigenvalue weighted by molar-refractivity contribution is 0.0993. The molecule has 0 aromatic heterocycles. The summed E-state index contributed by atoms with van der Waals surface area (Å²) >= 11 is 12.1. The van der Waals surface area contributed by atoms with E-state index in [1.54, 1.807) is 18.2 Å². The first kappa shape index (κ1) is 14.1. The number of halogens is 2. The first-order valence-electron chi connectivity index (χ1n) is 6.02. The molecule has 0 amide bonds. The molecule has 0 N–H and O–H groups in total. The molecule has 19 heavy (non-hydrogen) atoms. The van der Waals surface area contributed by atoms with Gasteiger partial charge in [0.05, 0.1) is 15.6 Å². The molecule has 0 aliphatic heterocycles. The van der Waals surface area contributed by atoms with Crippen molar-refractivity contribution < 1.29 is 4.79 Å². The second kappa shape index (κ2) is 5.77. The molecule has 0 heterocycles. The van der Waals surface area contributed by atoms with Crippen molar-refractivity contribution in [3.63, 3.8) is 0 Å². The van der Waals surface area contributed by atoms with E-state index >= 15 is 0 Å². The predicted octanol–water partition coefficient (Wildman–Crippen LogP) is 5.04. The highest BCUT2D eigenvalue weighted by atomic mass is 35.5. The monoisotopic (exact) mass is 292 g/mol. The van der Waals surface area contributed by atoms with Gasteiger partial charge in [0, 0.05) is 6.42 Å². The Morgan fingerprint density at radius 1 is 1.00 bits per heavy atom. The summed E-state index contributed by atoms with van der Waals surface area (Å²) in [7, 11) is 0. The van der Waals surface area contributed by atoms with Gasteiger partial charge in [0.15, 0.2) is 5.78 Å². The zero-order chi connectivity index (χ0) is 14.0. The van der Waals surface area contributed by atoms with E-state index in [9.17, 15) is 4.79 Å². The number of rotatable bonds is 3. The van der Waals surface area contributed by atoms with Gasteiger partial charge in [0.25, 0.3) is 0 Å². The fourth-order valence-corrected chi connectivity index (χ4v) is 2.56. The van der Waals surface area contributed by atoms with Gasteiger partial charge in [-0.3, -0.25) is 4.79 Å². The quantitative estimate of drug-likeness (QED) is 0.725. The highest BCUT2D eigenvalue weighted by molar-refractivity contribution is 6.39. The number of aryl methyl sites for hydroxylation is 2.